The molecular formula is C14H20N2OS. The maximum atomic E-state index is 11.8. The molecule has 0 saturated heterocycles. The Kier molecular flexibility index (Phi) is 5.08. The van der Waals surface area contributed by atoms with Gasteiger partial charge in [0.25, 0.3) is 0 Å². The first-order valence-corrected chi connectivity index (χ1v) is 7.69. The van der Waals surface area contributed by atoms with Crippen LogP contribution in [0.1, 0.15) is 19.3 Å². The summed E-state index contributed by atoms with van der Waals surface area (Å²) in [6.07, 6.45) is 5.86. The molecule has 1 aromatic rings. The summed E-state index contributed by atoms with van der Waals surface area (Å²) in [5, 5.41) is 6.92. The molecule has 0 spiro atoms. The molecule has 0 heterocycles. The molecule has 4 heteroatoms. The summed E-state index contributed by atoms with van der Waals surface area (Å²) in [6, 6.07) is 10.1. The Morgan fingerprint density at radius 2 is 2.11 bits per heavy atom. The van der Waals surface area contributed by atoms with Gasteiger partial charge in [-0.2, -0.15) is 11.8 Å². The van der Waals surface area contributed by atoms with Crippen LogP contribution in [0.2, 0.25) is 0 Å². The molecule has 1 aliphatic carbocycles. The third-order valence-corrected chi connectivity index (χ3v) is 4.51. The molecule has 1 amide bonds. The van der Waals surface area contributed by atoms with Crippen LogP contribution < -0.4 is 10.6 Å². The summed E-state index contributed by atoms with van der Waals surface area (Å²) in [6.45, 7) is 0.399. The predicted octanol–water partition coefficient (Wildman–Crippen LogP) is 2.50. The molecule has 0 aliphatic heterocycles. The monoisotopic (exact) mass is 264 g/mol. The van der Waals surface area contributed by atoms with Crippen LogP contribution in [0.4, 0.5) is 5.69 Å². The highest BCUT2D eigenvalue weighted by molar-refractivity contribution is 7.99. The number of carbonyl (C=O) groups is 1. The Morgan fingerprint density at radius 1 is 1.33 bits per heavy atom. The molecule has 0 radical (unpaired) electrons. The zero-order chi connectivity index (χ0) is 12.8. The first-order chi connectivity index (χ1) is 8.79. The Morgan fingerprint density at radius 3 is 2.83 bits per heavy atom. The van der Waals surface area contributed by atoms with Crippen LogP contribution in [-0.4, -0.2) is 30.0 Å². The molecule has 2 unspecified atom stereocenters. The van der Waals surface area contributed by atoms with Gasteiger partial charge in [-0.05, 0) is 31.2 Å². The van der Waals surface area contributed by atoms with Crippen molar-refractivity contribution in [2.45, 2.75) is 30.6 Å². The van der Waals surface area contributed by atoms with E-state index in [2.05, 4.69) is 16.9 Å². The van der Waals surface area contributed by atoms with Crippen LogP contribution in [0.25, 0.3) is 0 Å². The summed E-state index contributed by atoms with van der Waals surface area (Å²) < 4.78 is 0. The minimum atomic E-state index is 0.0351. The summed E-state index contributed by atoms with van der Waals surface area (Å²) in [5.74, 6) is 0.0351. The number of para-hydroxylation sites is 1. The molecule has 18 heavy (non-hydrogen) atoms. The fraction of sp³-hybridized carbons (Fsp3) is 0.500. The van der Waals surface area contributed by atoms with Gasteiger partial charge in [0.05, 0.1) is 6.54 Å². The van der Waals surface area contributed by atoms with Gasteiger partial charge < -0.3 is 10.6 Å². The number of carbonyl (C=O) groups excluding carboxylic acids is 1. The molecule has 98 valence electrons. The lowest BCUT2D eigenvalue weighted by atomic mass is 10.2. The van der Waals surface area contributed by atoms with Crippen molar-refractivity contribution in [2.75, 3.05) is 18.1 Å². The van der Waals surface area contributed by atoms with Crippen LogP contribution in [0.3, 0.4) is 0 Å². The predicted molar refractivity (Wildman–Crippen MR) is 78.0 cm³/mol. The number of benzene rings is 1. The van der Waals surface area contributed by atoms with Gasteiger partial charge in [0.1, 0.15) is 0 Å². The van der Waals surface area contributed by atoms with Crippen molar-refractivity contribution < 1.29 is 4.79 Å². The van der Waals surface area contributed by atoms with Crippen LogP contribution in [0.15, 0.2) is 30.3 Å². The molecule has 1 saturated carbocycles. The van der Waals surface area contributed by atoms with Crippen LogP contribution in [0, 0.1) is 0 Å². The van der Waals surface area contributed by atoms with E-state index in [0.717, 1.165) is 5.69 Å². The Labute approximate surface area is 113 Å². The standard InChI is InChI=1S/C14H20N2OS/c1-18-13-9-5-8-12(13)15-10-14(17)16-11-6-3-2-4-7-11/h2-4,6-7,12-13,15H,5,8-10H2,1H3,(H,16,17). The normalized spacial score (nSPS) is 22.9. The minimum Gasteiger partial charge on any atom is -0.325 e. The largest absolute Gasteiger partial charge is 0.325 e. The number of hydrogen-bond acceptors (Lipinski definition) is 3. The van der Waals surface area contributed by atoms with E-state index >= 15 is 0 Å². The van der Waals surface area contributed by atoms with E-state index in [-0.39, 0.29) is 5.91 Å². The van der Waals surface area contributed by atoms with Crippen molar-refractivity contribution in [1.29, 1.82) is 0 Å². The van der Waals surface area contributed by atoms with Crippen molar-refractivity contribution in [1.82, 2.24) is 5.32 Å². The highest BCUT2D eigenvalue weighted by Crippen LogP contribution is 2.28. The fourth-order valence-corrected chi connectivity index (χ4v) is 3.36. The topological polar surface area (TPSA) is 41.1 Å². The quantitative estimate of drug-likeness (QED) is 0.858. The molecule has 2 atom stereocenters. The number of nitrogens with one attached hydrogen (secondary N) is 2. The molecule has 1 aromatic carbocycles. The van der Waals surface area contributed by atoms with Gasteiger partial charge >= 0.3 is 0 Å². The lowest BCUT2D eigenvalue weighted by molar-refractivity contribution is -0.115. The van der Waals surface area contributed by atoms with Crippen molar-refractivity contribution in [3.05, 3.63) is 30.3 Å². The molecule has 0 aromatic heterocycles. The Bertz CT molecular complexity index is 383. The van der Waals surface area contributed by atoms with Crippen LogP contribution in [-0.2, 0) is 4.79 Å². The van der Waals surface area contributed by atoms with E-state index in [4.69, 9.17) is 0 Å². The molecule has 1 aliphatic rings. The average molecular weight is 264 g/mol. The molecule has 2 N–H and O–H groups in total. The summed E-state index contributed by atoms with van der Waals surface area (Å²) in [7, 11) is 0. The lowest BCUT2D eigenvalue weighted by Gasteiger charge is -2.18. The number of amides is 1. The highest BCUT2D eigenvalue weighted by Gasteiger charge is 2.26. The Balaban J connectivity index is 1.75. The number of hydrogen-bond donors (Lipinski definition) is 2. The molecule has 1 fully saturated rings. The third kappa shape index (κ3) is 3.75. The van der Waals surface area contributed by atoms with Gasteiger partial charge in [-0.25, -0.2) is 0 Å². The SMILES string of the molecule is CSC1CCCC1NCC(=O)Nc1ccccc1. The van der Waals surface area contributed by atoms with Crippen LogP contribution >= 0.6 is 11.8 Å². The maximum Gasteiger partial charge on any atom is 0.238 e. The summed E-state index contributed by atoms with van der Waals surface area (Å²) in [5.41, 5.74) is 0.858. The van der Waals surface area contributed by atoms with Crippen molar-refractivity contribution in [3.63, 3.8) is 0 Å². The zero-order valence-electron chi connectivity index (χ0n) is 10.7. The van der Waals surface area contributed by atoms with E-state index in [1.807, 2.05) is 42.1 Å². The van der Waals surface area contributed by atoms with Gasteiger partial charge in [0.15, 0.2) is 0 Å². The third-order valence-electron chi connectivity index (χ3n) is 3.34. The maximum absolute atomic E-state index is 11.8. The molecule has 2 rings (SSSR count). The van der Waals surface area contributed by atoms with E-state index < -0.39 is 0 Å². The van der Waals surface area contributed by atoms with Crippen LogP contribution in [0.5, 0.6) is 0 Å². The van der Waals surface area contributed by atoms with Crippen molar-refractivity contribution >= 4 is 23.4 Å². The zero-order valence-corrected chi connectivity index (χ0v) is 11.5. The van der Waals surface area contributed by atoms with Gasteiger partial charge in [-0.3, -0.25) is 4.79 Å². The van der Waals surface area contributed by atoms with E-state index in [0.29, 0.717) is 17.8 Å². The molecule has 0 bridgehead atoms. The first kappa shape index (κ1) is 13.4. The summed E-state index contributed by atoms with van der Waals surface area (Å²) in [4.78, 5) is 11.8. The average Bonchev–Trinajstić information content (AvgIpc) is 2.85. The molecular weight excluding hydrogens is 244 g/mol. The smallest absolute Gasteiger partial charge is 0.238 e. The van der Waals surface area contributed by atoms with E-state index in [9.17, 15) is 4.79 Å². The minimum absolute atomic E-state index is 0.0351. The fourth-order valence-electron chi connectivity index (χ4n) is 2.39. The Hall–Kier alpha value is -1.00. The highest BCUT2D eigenvalue weighted by atomic mass is 32.2. The lowest BCUT2D eigenvalue weighted by Crippen LogP contribution is -2.39. The number of rotatable bonds is 5. The van der Waals surface area contributed by atoms with Crippen molar-refractivity contribution in [3.8, 4) is 0 Å². The summed E-state index contributed by atoms with van der Waals surface area (Å²) >= 11 is 1.90. The van der Waals surface area contributed by atoms with Gasteiger partial charge in [-0.15, -0.1) is 0 Å². The van der Waals surface area contributed by atoms with Crippen molar-refractivity contribution in [2.24, 2.45) is 0 Å². The second-order valence-electron chi connectivity index (χ2n) is 4.61. The number of thioether (sulfide) groups is 1. The molecule has 3 nitrogen and oxygen atoms in total. The van der Waals surface area contributed by atoms with E-state index in [1.165, 1.54) is 19.3 Å². The van der Waals surface area contributed by atoms with Gasteiger partial charge in [-0.1, -0.05) is 24.6 Å². The second kappa shape index (κ2) is 6.81. The first-order valence-electron chi connectivity index (χ1n) is 6.40. The van der Waals surface area contributed by atoms with Gasteiger partial charge in [0.2, 0.25) is 5.91 Å². The van der Waals surface area contributed by atoms with Gasteiger partial charge in [0, 0.05) is 17.0 Å². The van der Waals surface area contributed by atoms with E-state index in [1.54, 1.807) is 0 Å². The number of anilines is 1. The second-order valence-corrected chi connectivity index (χ2v) is 5.68.